The van der Waals surface area contributed by atoms with E-state index >= 15 is 0 Å². The molecule has 1 fully saturated rings. The van der Waals surface area contributed by atoms with Crippen molar-refractivity contribution < 1.29 is 4.79 Å². The van der Waals surface area contributed by atoms with Crippen LogP contribution in [0.4, 0.5) is 11.5 Å². The van der Waals surface area contributed by atoms with Crippen LogP contribution in [0.2, 0.25) is 0 Å². The van der Waals surface area contributed by atoms with Crippen molar-refractivity contribution in [2.75, 3.05) is 24.1 Å². The number of amides is 1. The number of benzene rings is 1. The van der Waals surface area contributed by atoms with Crippen molar-refractivity contribution in [3.05, 3.63) is 60.6 Å². The van der Waals surface area contributed by atoms with Gasteiger partial charge < -0.3 is 16.4 Å². The average molecular weight is 362 g/mol. The largest absolute Gasteiger partial charge is 0.383 e. The zero-order chi connectivity index (χ0) is 18.6. The molecule has 3 aromatic rings. The SMILES string of the molecule is Nc1ncc(-c2cnn(C3CCNCC3)c2)cc1C(=O)Nc1ccccc1. The first-order valence-electron chi connectivity index (χ1n) is 9.08. The predicted molar refractivity (Wildman–Crippen MR) is 105 cm³/mol. The van der Waals surface area contributed by atoms with Crippen LogP contribution in [0.25, 0.3) is 11.1 Å². The van der Waals surface area contributed by atoms with E-state index in [2.05, 4.69) is 20.7 Å². The number of nitrogens with zero attached hydrogens (tertiary/aromatic N) is 3. The molecule has 0 aliphatic carbocycles. The minimum atomic E-state index is -0.279. The average Bonchev–Trinajstić information content (AvgIpc) is 3.20. The maximum Gasteiger partial charge on any atom is 0.259 e. The van der Waals surface area contributed by atoms with Crippen molar-refractivity contribution in [3.8, 4) is 11.1 Å². The Bertz CT molecular complexity index is 931. The molecule has 1 aromatic carbocycles. The summed E-state index contributed by atoms with van der Waals surface area (Å²) < 4.78 is 2.01. The second-order valence-electron chi connectivity index (χ2n) is 6.67. The first kappa shape index (κ1) is 17.2. The fraction of sp³-hybridized carbons (Fsp3) is 0.250. The number of carbonyl (C=O) groups excluding carboxylic acids is 1. The molecule has 27 heavy (non-hydrogen) atoms. The molecular formula is C20H22N6O. The molecule has 4 rings (SSSR count). The van der Waals surface area contributed by atoms with Gasteiger partial charge in [0.1, 0.15) is 5.82 Å². The zero-order valence-electron chi connectivity index (χ0n) is 14.9. The van der Waals surface area contributed by atoms with Gasteiger partial charge in [0.15, 0.2) is 0 Å². The summed E-state index contributed by atoms with van der Waals surface area (Å²) in [6.45, 7) is 2.01. The molecule has 0 atom stereocenters. The van der Waals surface area contributed by atoms with Gasteiger partial charge in [-0.3, -0.25) is 9.48 Å². The normalized spacial score (nSPS) is 14.8. The standard InChI is InChI=1S/C20H22N6O/c21-19-18(20(27)25-16-4-2-1-3-5-16)10-14(11-23-19)15-12-24-26(13-15)17-6-8-22-9-7-17/h1-5,10-13,17,22H,6-9H2,(H2,21,23)(H,25,27). The molecule has 7 heteroatoms. The van der Waals surface area contributed by atoms with Crippen molar-refractivity contribution in [1.29, 1.82) is 0 Å². The van der Waals surface area contributed by atoms with Crippen LogP contribution in [0.1, 0.15) is 29.2 Å². The fourth-order valence-electron chi connectivity index (χ4n) is 3.29. The summed E-state index contributed by atoms with van der Waals surface area (Å²) in [6.07, 6.45) is 7.63. The Labute approximate surface area is 157 Å². The third-order valence-electron chi connectivity index (χ3n) is 4.81. The first-order valence-corrected chi connectivity index (χ1v) is 9.08. The van der Waals surface area contributed by atoms with E-state index in [1.807, 2.05) is 47.4 Å². The van der Waals surface area contributed by atoms with E-state index < -0.39 is 0 Å². The maximum absolute atomic E-state index is 12.6. The van der Waals surface area contributed by atoms with Crippen LogP contribution in [0.5, 0.6) is 0 Å². The lowest BCUT2D eigenvalue weighted by atomic mass is 10.1. The van der Waals surface area contributed by atoms with Gasteiger partial charge in [-0.2, -0.15) is 5.10 Å². The van der Waals surface area contributed by atoms with Crippen LogP contribution >= 0.6 is 0 Å². The predicted octanol–water partition coefficient (Wildman–Crippen LogP) is 2.70. The molecule has 4 N–H and O–H groups in total. The Balaban J connectivity index is 1.57. The third-order valence-corrected chi connectivity index (χ3v) is 4.81. The van der Waals surface area contributed by atoms with Crippen molar-refractivity contribution in [1.82, 2.24) is 20.1 Å². The van der Waals surface area contributed by atoms with Crippen LogP contribution in [0.3, 0.4) is 0 Å². The van der Waals surface area contributed by atoms with E-state index in [1.54, 1.807) is 12.3 Å². The molecule has 1 aliphatic heterocycles. The van der Waals surface area contributed by atoms with Gasteiger partial charge in [0.25, 0.3) is 5.91 Å². The molecule has 1 saturated heterocycles. The lowest BCUT2D eigenvalue weighted by molar-refractivity contribution is 0.102. The number of anilines is 2. The number of aromatic nitrogens is 3. The van der Waals surface area contributed by atoms with Gasteiger partial charge >= 0.3 is 0 Å². The Hall–Kier alpha value is -3.19. The topological polar surface area (TPSA) is 97.9 Å². The second kappa shape index (κ2) is 7.59. The summed E-state index contributed by atoms with van der Waals surface area (Å²) in [5.74, 6) is -0.0725. The molecule has 0 radical (unpaired) electrons. The Morgan fingerprint density at radius 3 is 2.70 bits per heavy atom. The lowest BCUT2D eigenvalue weighted by Gasteiger charge is -2.22. The molecule has 7 nitrogen and oxygen atoms in total. The number of piperidine rings is 1. The number of carbonyl (C=O) groups is 1. The summed E-state index contributed by atoms with van der Waals surface area (Å²) in [6, 6.07) is 11.5. The first-order chi connectivity index (χ1) is 13.2. The van der Waals surface area contributed by atoms with Crippen molar-refractivity contribution >= 4 is 17.4 Å². The molecule has 2 aromatic heterocycles. The highest BCUT2D eigenvalue weighted by Crippen LogP contribution is 2.25. The number of para-hydroxylation sites is 1. The van der Waals surface area contributed by atoms with Crippen LogP contribution < -0.4 is 16.4 Å². The van der Waals surface area contributed by atoms with E-state index in [9.17, 15) is 4.79 Å². The van der Waals surface area contributed by atoms with E-state index in [0.29, 0.717) is 17.3 Å². The monoisotopic (exact) mass is 362 g/mol. The molecule has 0 bridgehead atoms. The van der Waals surface area contributed by atoms with Gasteiger partial charge in [0, 0.05) is 29.2 Å². The lowest BCUT2D eigenvalue weighted by Crippen LogP contribution is -2.29. The number of hydrogen-bond donors (Lipinski definition) is 3. The molecule has 0 spiro atoms. The minimum absolute atomic E-state index is 0.206. The van der Waals surface area contributed by atoms with Gasteiger partial charge in [0.05, 0.1) is 17.8 Å². The van der Waals surface area contributed by atoms with Crippen LogP contribution in [-0.4, -0.2) is 33.8 Å². The van der Waals surface area contributed by atoms with E-state index in [-0.39, 0.29) is 11.7 Å². The van der Waals surface area contributed by atoms with Gasteiger partial charge in [-0.1, -0.05) is 18.2 Å². The molecule has 0 unspecified atom stereocenters. The van der Waals surface area contributed by atoms with Crippen molar-refractivity contribution in [2.45, 2.75) is 18.9 Å². The summed E-state index contributed by atoms with van der Waals surface area (Å²) in [5.41, 5.74) is 8.76. The number of rotatable bonds is 4. The second-order valence-corrected chi connectivity index (χ2v) is 6.67. The molecule has 3 heterocycles. The summed E-state index contributed by atoms with van der Waals surface area (Å²) in [4.78, 5) is 16.8. The van der Waals surface area contributed by atoms with Gasteiger partial charge in [-0.25, -0.2) is 4.98 Å². The van der Waals surface area contributed by atoms with Crippen LogP contribution in [0, 0.1) is 0 Å². The third kappa shape index (κ3) is 3.83. The fourth-order valence-corrected chi connectivity index (χ4v) is 3.29. The number of hydrogen-bond acceptors (Lipinski definition) is 5. The van der Waals surface area contributed by atoms with Crippen molar-refractivity contribution in [3.63, 3.8) is 0 Å². The Kier molecular flexibility index (Phi) is 4.84. The number of nitrogens with one attached hydrogen (secondary N) is 2. The Morgan fingerprint density at radius 1 is 1.15 bits per heavy atom. The number of nitrogens with two attached hydrogens (primary N) is 1. The van der Waals surface area contributed by atoms with Crippen LogP contribution in [0.15, 0.2) is 55.0 Å². The molecule has 1 aliphatic rings. The zero-order valence-corrected chi connectivity index (χ0v) is 14.9. The van der Waals surface area contributed by atoms with E-state index in [1.165, 1.54) is 0 Å². The molecule has 1 amide bonds. The minimum Gasteiger partial charge on any atom is -0.383 e. The Morgan fingerprint density at radius 2 is 1.93 bits per heavy atom. The maximum atomic E-state index is 12.6. The van der Waals surface area contributed by atoms with E-state index in [4.69, 9.17) is 5.73 Å². The van der Waals surface area contributed by atoms with Gasteiger partial charge in [-0.05, 0) is 44.1 Å². The quantitative estimate of drug-likeness (QED) is 0.663. The summed E-state index contributed by atoms with van der Waals surface area (Å²) in [5, 5.41) is 10.7. The van der Waals surface area contributed by atoms with Crippen LogP contribution in [-0.2, 0) is 0 Å². The highest BCUT2D eigenvalue weighted by Gasteiger charge is 2.17. The molecular weight excluding hydrogens is 340 g/mol. The summed E-state index contributed by atoms with van der Waals surface area (Å²) in [7, 11) is 0. The van der Waals surface area contributed by atoms with Crippen molar-refractivity contribution in [2.24, 2.45) is 0 Å². The highest BCUT2D eigenvalue weighted by molar-refractivity contribution is 6.07. The summed E-state index contributed by atoms with van der Waals surface area (Å²) >= 11 is 0. The van der Waals surface area contributed by atoms with E-state index in [0.717, 1.165) is 37.1 Å². The molecule has 138 valence electrons. The number of pyridine rings is 1. The van der Waals surface area contributed by atoms with Gasteiger partial charge in [0.2, 0.25) is 0 Å². The number of nitrogen functional groups attached to an aromatic ring is 1. The highest BCUT2D eigenvalue weighted by atomic mass is 16.1. The van der Waals surface area contributed by atoms with Gasteiger partial charge in [-0.15, -0.1) is 0 Å². The smallest absolute Gasteiger partial charge is 0.259 e. The molecule has 0 saturated carbocycles.